The molecule has 0 bridgehead atoms. The van der Waals surface area contributed by atoms with Crippen molar-refractivity contribution in [2.75, 3.05) is 39.3 Å². The molecule has 1 atom stereocenters. The van der Waals surface area contributed by atoms with Gasteiger partial charge in [0.2, 0.25) is 0 Å². The molecule has 2 saturated heterocycles. The van der Waals surface area contributed by atoms with E-state index in [0.29, 0.717) is 12.5 Å². The van der Waals surface area contributed by atoms with Gasteiger partial charge in [-0.05, 0) is 57.8 Å². The van der Waals surface area contributed by atoms with Gasteiger partial charge in [-0.15, -0.1) is 0 Å². The van der Waals surface area contributed by atoms with Gasteiger partial charge in [0.15, 0.2) is 0 Å². The van der Waals surface area contributed by atoms with Gasteiger partial charge in [0, 0.05) is 19.2 Å². The molecule has 0 aromatic rings. The predicted octanol–water partition coefficient (Wildman–Crippen LogP) is 1.57. The number of rotatable bonds is 4. The van der Waals surface area contributed by atoms with E-state index >= 15 is 0 Å². The van der Waals surface area contributed by atoms with Gasteiger partial charge in [-0.3, -0.25) is 0 Å². The number of likely N-dealkylation sites (tertiary alicyclic amines) is 2. The van der Waals surface area contributed by atoms with E-state index in [-0.39, 0.29) is 0 Å². The van der Waals surface area contributed by atoms with E-state index in [2.05, 4.69) is 16.7 Å². The fourth-order valence-corrected chi connectivity index (χ4v) is 3.25. The summed E-state index contributed by atoms with van der Waals surface area (Å²) < 4.78 is 0. The summed E-state index contributed by atoms with van der Waals surface area (Å²) in [4.78, 5) is 5.25. The zero-order valence-corrected chi connectivity index (χ0v) is 11.3. The molecule has 0 spiro atoms. The molecule has 0 aromatic heterocycles. The largest absolute Gasteiger partial charge is 0.396 e. The Bertz CT molecular complexity index is 208. The SMILES string of the molecule is CC(CO)CN1CCC(N2CCCCC2)CC1. The Kier molecular flexibility index (Phi) is 5.26. The van der Waals surface area contributed by atoms with Crippen molar-refractivity contribution in [1.29, 1.82) is 0 Å². The van der Waals surface area contributed by atoms with E-state index in [1.165, 1.54) is 58.3 Å². The van der Waals surface area contributed by atoms with Gasteiger partial charge in [-0.25, -0.2) is 0 Å². The van der Waals surface area contributed by atoms with Crippen molar-refractivity contribution in [1.82, 2.24) is 9.80 Å². The second kappa shape index (κ2) is 6.72. The zero-order chi connectivity index (χ0) is 12.1. The predicted molar refractivity (Wildman–Crippen MR) is 71.1 cm³/mol. The van der Waals surface area contributed by atoms with Crippen molar-refractivity contribution >= 4 is 0 Å². The molecule has 2 aliphatic rings. The van der Waals surface area contributed by atoms with Crippen LogP contribution in [0.5, 0.6) is 0 Å². The summed E-state index contributed by atoms with van der Waals surface area (Å²) in [6.07, 6.45) is 6.91. The molecule has 3 nitrogen and oxygen atoms in total. The maximum absolute atomic E-state index is 9.09. The molecular weight excluding hydrogens is 212 g/mol. The van der Waals surface area contributed by atoms with Crippen molar-refractivity contribution in [2.45, 2.75) is 45.1 Å². The number of piperidine rings is 2. The highest BCUT2D eigenvalue weighted by Gasteiger charge is 2.25. The lowest BCUT2D eigenvalue weighted by Gasteiger charge is -2.40. The number of hydrogen-bond acceptors (Lipinski definition) is 3. The van der Waals surface area contributed by atoms with Crippen LogP contribution in [0.15, 0.2) is 0 Å². The van der Waals surface area contributed by atoms with Crippen molar-refractivity contribution in [2.24, 2.45) is 5.92 Å². The molecule has 0 saturated carbocycles. The lowest BCUT2D eigenvalue weighted by molar-refractivity contribution is 0.0799. The first kappa shape index (κ1) is 13.3. The topological polar surface area (TPSA) is 26.7 Å². The Balaban J connectivity index is 1.70. The molecule has 0 amide bonds. The Hall–Kier alpha value is -0.120. The van der Waals surface area contributed by atoms with E-state index in [0.717, 1.165) is 12.6 Å². The van der Waals surface area contributed by atoms with Gasteiger partial charge in [-0.2, -0.15) is 0 Å². The molecule has 17 heavy (non-hydrogen) atoms. The van der Waals surface area contributed by atoms with Gasteiger partial charge < -0.3 is 14.9 Å². The molecule has 0 radical (unpaired) electrons. The molecule has 100 valence electrons. The van der Waals surface area contributed by atoms with Crippen LogP contribution in [0.1, 0.15) is 39.0 Å². The second-order valence-corrected chi connectivity index (χ2v) is 5.92. The first-order valence-electron chi connectivity index (χ1n) is 7.37. The van der Waals surface area contributed by atoms with Crippen LogP contribution < -0.4 is 0 Å². The van der Waals surface area contributed by atoms with Gasteiger partial charge in [0.05, 0.1) is 0 Å². The average Bonchev–Trinajstić information content (AvgIpc) is 2.40. The average molecular weight is 240 g/mol. The third-order valence-corrected chi connectivity index (χ3v) is 4.35. The minimum atomic E-state index is 0.325. The summed E-state index contributed by atoms with van der Waals surface area (Å²) in [6.45, 7) is 8.65. The van der Waals surface area contributed by atoms with Crippen LogP contribution >= 0.6 is 0 Å². The first-order chi connectivity index (χ1) is 8.29. The molecule has 2 heterocycles. The van der Waals surface area contributed by atoms with Crippen LogP contribution in [0.3, 0.4) is 0 Å². The normalized spacial score (nSPS) is 27.2. The van der Waals surface area contributed by atoms with Crippen LogP contribution in [0.25, 0.3) is 0 Å². The fourth-order valence-electron chi connectivity index (χ4n) is 3.25. The Morgan fingerprint density at radius 2 is 1.71 bits per heavy atom. The van der Waals surface area contributed by atoms with Crippen LogP contribution in [0, 0.1) is 5.92 Å². The van der Waals surface area contributed by atoms with E-state index in [1.54, 1.807) is 0 Å². The summed E-state index contributed by atoms with van der Waals surface area (Å²) in [6, 6.07) is 0.844. The molecule has 0 aromatic carbocycles. The third-order valence-electron chi connectivity index (χ3n) is 4.35. The van der Waals surface area contributed by atoms with E-state index in [1.807, 2.05) is 0 Å². The van der Waals surface area contributed by atoms with Crippen molar-refractivity contribution in [3.8, 4) is 0 Å². The van der Waals surface area contributed by atoms with Crippen molar-refractivity contribution in [3.05, 3.63) is 0 Å². The zero-order valence-electron chi connectivity index (χ0n) is 11.3. The summed E-state index contributed by atoms with van der Waals surface area (Å²) in [5.74, 6) is 0.432. The Morgan fingerprint density at radius 1 is 1.06 bits per heavy atom. The number of aliphatic hydroxyl groups excluding tert-OH is 1. The second-order valence-electron chi connectivity index (χ2n) is 5.92. The minimum Gasteiger partial charge on any atom is -0.396 e. The standard InChI is InChI=1S/C14H28N2O/c1-13(12-17)11-15-9-5-14(6-10-15)16-7-3-2-4-8-16/h13-14,17H,2-12H2,1H3. The number of hydrogen-bond donors (Lipinski definition) is 1. The lowest BCUT2D eigenvalue weighted by atomic mass is 9.99. The number of nitrogens with zero attached hydrogens (tertiary/aromatic N) is 2. The fraction of sp³-hybridized carbons (Fsp3) is 1.00. The molecule has 2 fully saturated rings. The van der Waals surface area contributed by atoms with Crippen molar-refractivity contribution in [3.63, 3.8) is 0 Å². The Labute approximate surface area is 106 Å². The molecule has 3 heteroatoms. The van der Waals surface area contributed by atoms with E-state index < -0.39 is 0 Å². The molecule has 1 unspecified atom stereocenters. The maximum atomic E-state index is 9.09. The quantitative estimate of drug-likeness (QED) is 0.808. The minimum absolute atomic E-state index is 0.325. The first-order valence-corrected chi connectivity index (χ1v) is 7.37. The van der Waals surface area contributed by atoms with Crippen LogP contribution in [0.4, 0.5) is 0 Å². The summed E-state index contributed by atoms with van der Waals surface area (Å²) in [5.41, 5.74) is 0. The van der Waals surface area contributed by atoms with Crippen molar-refractivity contribution < 1.29 is 5.11 Å². The summed E-state index contributed by atoms with van der Waals surface area (Å²) >= 11 is 0. The molecular formula is C14H28N2O. The molecule has 1 N–H and O–H groups in total. The van der Waals surface area contributed by atoms with Crippen LogP contribution in [-0.4, -0.2) is 60.3 Å². The smallest absolute Gasteiger partial charge is 0.0468 e. The monoisotopic (exact) mass is 240 g/mol. The van der Waals surface area contributed by atoms with Crippen LogP contribution in [-0.2, 0) is 0 Å². The molecule has 0 aliphatic carbocycles. The summed E-state index contributed by atoms with van der Waals surface area (Å²) in [5, 5.41) is 9.09. The maximum Gasteiger partial charge on any atom is 0.0468 e. The van der Waals surface area contributed by atoms with Crippen LogP contribution in [0.2, 0.25) is 0 Å². The summed E-state index contributed by atoms with van der Waals surface area (Å²) in [7, 11) is 0. The van der Waals surface area contributed by atoms with Gasteiger partial charge in [-0.1, -0.05) is 13.3 Å². The number of aliphatic hydroxyl groups is 1. The van der Waals surface area contributed by atoms with E-state index in [4.69, 9.17) is 5.11 Å². The van der Waals surface area contributed by atoms with Gasteiger partial charge in [0.1, 0.15) is 0 Å². The van der Waals surface area contributed by atoms with Gasteiger partial charge in [0.25, 0.3) is 0 Å². The molecule has 2 rings (SSSR count). The Morgan fingerprint density at radius 3 is 2.29 bits per heavy atom. The third kappa shape index (κ3) is 3.94. The highest BCUT2D eigenvalue weighted by Crippen LogP contribution is 2.21. The molecule has 2 aliphatic heterocycles. The lowest BCUT2D eigenvalue weighted by Crippen LogP contribution is -2.47. The van der Waals surface area contributed by atoms with E-state index in [9.17, 15) is 0 Å². The highest BCUT2D eigenvalue weighted by atomic mass is 16.3. The van der Waals surface area contributed by atoms with Gasteiger partial charge >= 0.3 is 0 Å². The highest BCUT2D eigenvalue weighted by molar-refractivity contribution is 4.81.